The molecule has 1 aromatic carbocycles. The quantitative estimate of drug-likeness (QED) is 0.589. The summed E-state index contributed by atoms with van der Waals surface area (Å²) in [6.45, 7) is 7.14. The summed E-state index contributed by atoms with van der Waals surface area (Å²) in [4.78, 5) is 31.8. The van der Waals surface area contributed by atoms with E-state index in [9.17, 15) is 9.59 Å². The molecule has 1 aliphatic carbocycles. The highest BCUT2D eigenvalue weighted by atomic mass is 32.1. The monoisotopic (exact) mass is 436 g/mol. The molecule has 0 N–H and O–H groups in total. The number of thiophene rings is 1. The van der Waals surface area contributed by atoms with Gasteiger partial charge in [-0.05, 0) is 48.8 Å². The number of aryl methyl sites for hydroxylation is 1. The Kier molecular flexibility index (Phi) is 6.91. The minimum Gasteiger partial charge on any atom is -0.330 e. The second-order valence-electron chi connectivity index (χ2n) is 8.79. The van der Waals surface area contributed by atoms with Crippen molar-refractivity contribution in [3.8, 4) is 0 Å². The van der Waals surface area contributed by atoms with E-state index in [2.05, 4.69) is 49.2 Å². The van der Waals surface area contributed by atoms with Crippen molar-refractivity contribution >= 4 is 23.2 Å². The van der Waals surface area contributed by atoms with E-state index in [4.69, 9.17) is 0 Å². The van der Waals surface area contributed by atoms with E-state index < -0.39 is 0 Å². The molecule has 0 saturated heterocycles. The van der Waals surface area contributed by atoms with E-state index in [1.54, 1.807) is 22.3 Å². The van der Waals surface area contributed by atoms with Crippen molar-refractivity contribution in [1.29, 1.82) is 0 Å². The zero-order chi connectivity index (χ0) is 21.8. The van der Waals surface area contributed by atoms with Crippen LogP contribution in [0.3, 0.4) is 0 Å². The molecule has 164 valence electrons. The zero-order valence-electron chi connectivity index (χ0n) is 18.4. The number of rotatable bonds is 6. The van der Waals surface area contributed by atoms with E-state index >= 15 is 0 Å². The molecule has 0 radical (unpaired) electrons. The summed E-state index contributed by atoms with van der Waals surface area (Å²) in [7, 11) is 0. The predicted molar refractivity (Wildman–Crippen MR) is 126 cm³/mol. The highest BCUT2D eigenvalue weighted by molar-refractivity contribution is 7.10. The van der Waals surface area contributed by atoms with E-state index in [0.717, 1.165) is 37.7 Å². The smallest absolute Gasteiger partial charge is 0.243 e. The number of hydrogen-bond donors (Lipinski definition) is 0. The summed E-state index contributed by atoms with van der Waals surface area (Å²) in [6, 6.07) is 10.5. The van der Waals surface area contributed by atoms with Crippen LogP contribution in [0, 0.1) is 12.8 Å². The summed E-state index contributed by atoms with van der Waals surface area (Å²) in [6.07, 6.45) is 7.91. The Balaban J connectivity index is 1.57. The molecule has 0 spiro atoms. The van der Waals surface area contributed by atoms with Gasteiger partial charge in [-0.3, -0.25) is 9.59 Å². The van der Waals surface area contributed by atoms with Crippen LogP contribution in [0.1, 0.15) is 59.7 Å². The lowest BCUT2D eigenvalue weighted by Gasteiger charge is -2.38. The minimum atomic E-state index is -0.0848. The van der Waals surface area contributed by atoms with Crippen LogP contribution in [-0.2, 0) is 16.0 Å². The minimum absolute atomic E-state index is 0.0217. The van der Waals surface area contributed by atoms with Crippen molar-refractivity contribution in [2.75, 3.05) is 19.6 Å². The van der Waals surface area contributed by atoms with Gasteiger partial charge in [-0.15, -0.1) is 17.9 Å². The molecule has 2 amide bonds. The largest absolute Gasteiger partial charge is 0.330 e. The SMILES string of the molecule is C=CCN(CC(=O)N1CCc2sccc2C1c1ccc(C)cc1)C(=O)C1CCCCC1. The van der Waals surface area contributed by atoms with E-state index in [1.165, 1.54) is 22.4 Å². The Hall–Kier alpha value is -2.40. The Morgan fingerprint density at radius 1 is 1.16 bits per heavy atom. The average Bonchev–Trinajstić information content (AvgIpc) is 3.28. The van der Waals surface area contributed by atoms with Gasteiger partial charge in [-0.2, -0.15) is 0 Å². The van der Waals surface area contributed by atoms with Crippen molar-refractivity contribution in [2.24, 2.45) is 5.92 Å². The zero-order valence-corrected chi connectivity index (χ0v) is 19.2. The fraction of sp³-hybridized carbons (Fsp3) is 0.462. The molecule has 0 bridgehead atoms. The third kappa shape index (κ3) is 4.77. The molecule has 2 aliphatic rings. The molecule has 4 rings (SSSR count). The van der Waals surface area contributed by atoms with Gasteiger partial charge in [0.05, 0.1) is 6.04 Å². The first-order valence-corrected chi connectivity index (χ1v) is 12.3. The molecule has 5 heteroatoms. The summed E-state index contributed by atoms with van der Waals surface area (Å²) in [5.74, 6) is 0.195. The molecule has 1 atom stereocenters. The molecular weight excluding hydrogens is 404 g/mol. The standard InChI is InChI=1S/C26H32N2O2S/c1-3-15-27(26(30)21-7-5-4-6-8-21)18-24(29)28-16-13-23-22(14-17-31-23)25(28)20-11-9-19(2)10-12-20/h3,9-12,14,17,21,25H,1,4-8,13,15-16,18H2,2H3. The number of nitrogens with zero attached hydrogens (tertiary/aromatic N) is 2. The number of benzene rings is 1. The van der Waals surface area contributed by atoms with Crippen molar-refractivity contribution in [2.45, 2.75) is 51.5 Å². The summed E-state index contributed by atoms with van der Waals surface area (Å²) in [5, 5.41) is 2.12. The van der Waals surface area contributed by atoms with Crippen LogP contribution in [0.15, 0.2) is 48.4 Å². The highest BCUT2D eigenvalue weighted by Crippen LogP contribution is 2.38. The lowest BCUT2D eigenvalue weighted by atomic mass is 9.88. The highest BCUT2D eigenvalue weighted by Gasteiger charge is 2.34. The number of carbonyl (C=O) groups is 2. The van der Waals surface area contributed by atoms with E-state index in [1.807, 2.05) is 4.90 Å². The molecule has 1 unspecified atom stereocenters. The number of hydrogen-bond acceptors (Lipinski definition) is 3. The fourth-order valence-corrected chi connectivity index (χ4v) is 5.85. The number of amides is 2. The van der Waals surface area contributed by atoms with Crippen molar-refractivity contribution in [3.05, 3.63) is 69.9 Å². The number of carbonyl (C=O) groups excluding carboxylic acids is 2. The number of fused-ring (bicyclic) bond motifs is 1. The molecule has 4 nitrogen and oxygen atoms in total. The maximum absolute atomic E-state index is 13.6. The van der Waals surface area contributed by atoms with Gasteiger partial charge in [0, 0.05) is 23.9 Å². The summed E-state index contributed by atoms with van der Waals surface area (Å²) < 4.78 is 0. The van der Waals surface area contributed by atoms with Crippen LogP contribution < -0.4 is 0 Å². The van der Waals surface area contributed by atoms with Crippen molar-refractivity contribution < 1.29 is 9.59 Å². The van der Waals surface area contributed by atoms with Gasteiger partial charge < -0.3 is 9.80 Å². The second kappa shape index (κ2) is 9.82. The predicted octanol–water partition coefficient (Wildman–Crippen LogP) is 5.13. The Bertz CT molecular complexity index is 927. The maximum Gasteiger partial charge on any atom is 0.243 e. The van der Waals surface area contributed by atoms with Gasteiger partial charge >= 0.3 is 0 Å². The van der Waals surface area contributed by atoms with Gasteiger partial charge in [0.25, 0.3) is 0 Å². The van der Waals surface area contributed by atoms with Crippen molar-refractivity contribution in [1.82, 2.24) is 9.80 Å². The third-order valence-electron chi connectivity index (χ3n) is 6.62. The summed E-state index contributed by atoms with van der Waals surface area (Å²) in [5.41, 5.74) is 3.56. The van der Waals surface area contributed by atoms with Crippen molar-refractivity contribution in [3.63, 3.8) is 0 Å². The molecule has 1 fully saturated rings. The molecule has 1 saturated carbocycles. The third-order valence-corrected chi connectivity index (χ3v) is 7.62. The van der Waals surface area contributed by atoms with Gasteiger partial charge in [0.1, 0.15) is 6.54 Å². The topological polar surface area (TPSA) is 40.6 Å². The first kappa shape index (κ1) is 21.8. The lowest BCUT2D eigenvalue weighted by molar-refractivity contribution is -0.144. The van der Waals surface area contributed by atoms with Crippen LogP contribution in [0.2, 0.25) is 0 Å². The first-order valence-electron chi connectivity index (χ1n) is 11.4. The van der Waals surface area contributed by atoms with Crippen LogP contribution in [0.5, 0.6) is 0 Å². The van der Waals surface area contributed by atoms with Crippen LogP contribution in [-0.4, -0.2) is 41.2 Å². The van der Waals surface area contributed by atoms with Gasteiger partial charge in [0.2, 0.25) is 11.8 Å². The Morgan fingerprint density at radius 3 is 2.61 bits per heavy atom. The molecule has 31 heavy (non-hydrogen) atoms. The van der Waals surface area contributed by atoms with Gasteiger partial charge in [0.15, 0.2) is 0 Å². The van der Waals surface area contributed by atoms with E-state index in [0.29, 0.717) is 13.1 Å². The first-order chi connectivity index (χ1) is 15.1. The average molecular weight is 437 g/mol. The Morgan fingerprint density at radius 2 is 1.90 bits per heavy atom. The van der Waals surface area contributed by atoms with Crippen LogP contribution >= 0.6 is 11.3 Å². The lowest BCUT2D eigenvalue weighted by Crippen LogP contribution is -2.48. The van der Waals surface area contributed by atoms with Gasteiger partial charge in [-0.25, -0.2) is 0 Å². The van der Waals surface area contributed by atoms with Crippen LogP contribution in [0.4, 0.5) is 0 Å². The molecule has 1 aromatic heterocycles. The summed E-state index contributed by atoms with van der Waals surface area (Å²) >= 11 is 1.77. The molecular formula is C26H32N2O2S. The molecule has 2 aromatic rings. The second-order valence-corrected chi connectivity index (χ2v) is 9.79. The maximum atomic E-state index is 13.6. The Labute approximate surface area is 189 Å². The fourth-order valence-electron chi connectivity index (χ4n) is 4.94. The van der Waals surface area contributed by atoms with Gasteiger partial charge in [-0.1, -0.05) is 55.2 Å². The van der Waals surface area contributed by atoms with Crippen LogP contribution in [0.25, 0.3) is 0 Å². The molecule has 1 aliphatic heterocycles. The van der Waals surface area contributed by atoms with E-state index in [-0.39, 0.29) is 30.3 Å². The molecule has 2 heterocycles. The normalized spacial score (nSPS) is 19.0.